The van der Waals surface area contributed by atoms with Gasteiger partial charge < -0.3 is 25.5 Å². The Balaban J connectivity index is 1.53. The second kappa shape index (κ2) is 12.3. The summed E-state index contributed by atoms with van der Waals surface area (Å²) in [6.07, 6.45) is -2.88. The van der Waals surface area contributed by atoms with Crippen LogP contribution in [0, 0.1) is 12.8 Å². The van der Waals surface area contributed by atoms with Gasteiger partial charge in [0.2, 0.25) is 11.8 Å². The summed E-state index contributed by atoms with van der Waals surface area (Å²) in [5.74, 6) is -7.34. The zero-order chi connectivity index (χ0) is 29.9. The van der Waals surface area contributed by atoms with Crippen LogP contribution in [-0.2, 0) is 37.0 Å². The first-order valence-corrected chi connectivity index (χ1v) is 13.4. The number of aliphatic hydroxyl groups excluding tert-OH is 1. The van der Waals surface area contributed by atoms with Gasteiger partial charge in [-0.2, -0.15) is 0 Å². The molecule has 0 bridgehead atoms. The first kappa shape index (κ1) is 30.1. The van der Waals surface area contributed by atoms with Crippen molar-refractivity contribution < 1.29 is 37.9 Å². The van der Waals surface area contributed by atoms with E-state index in [4.69, 9.17) is 4.84 Å². The van der Waals surface area contributed by atoms with Gasteiger partial charge in [-0.3, -0.25) is 14.4 Å². The number of nitrogens with one attached hydrogen (secondary N) is 2. The highest BCUT2D eigenvalue weighted by atomic mass is 19.3. The standard InChI is InChI=1S/C29H34F2N4O6/c1-17-9-7-8-12-20(17)15-32-25(37)22-14-29(30,31)16-35(22)27(39)24(36)21(13-19-10-5-4-6-11-19)33-26(38)23-18(2)28(40)41-34(23)3/h4-12,18,21-24,36H,13-16H2,1-3H3,(H,32,37)(H,33,38)/t18?,21-,22-,23?,24-/m0/s1. The number of amides is 3. The highest BCUT2D eigenvalue weighted by Crippen LogP contribution is 2.33. The van der Waals surface area contributed by atoms with Crippen LogP contribution < -0.4 is 10.6 Å². The van der Waals surface area contributed by atoms with E-state index in [1.165, 1.54) is 14.0 Å². The van der Waals surface area contributed by atoms with Crippen molar-refractivity contribution in [3.63, 3.8) is 0 Å². The van der Waals surface area contributed by atoms with Crippen LogP contribution in [0.1, 0.15) is 30.0 Å². The highest BCUT2D eigenvalue weighted by Gasteiger charge is 2.52. The van der Waals surface area contributed by atoms with E-state index in [-0.39, 0.29) is 13.0 Å². The second-order valence-corrected chi connectivity index (χ2v) is 10.6. The van der Waals surface area contributed by atoms with Gasteiger partial charge in [-0.1, -0.05) is 54.6 Å². The molecule has 2 unspecified atom stereocenters. The highest BCUT2D eigenvalue weighted by molar-refractivity contribution is 5.92. The number of likely N-dealkylation sites (N-methyl/N-ethyl adjacent to an activating group) is 1. The maximum absolute atomic E-state index is 14.6. The average Bonchev–Trinajstić information content (AvgIpc) is 3.40. The largest absolute Gasteiger partial charge is 0.381 e. The summed E-state index contributed by atoms with van der Waals surface area (Å²) in [7, 11) is 1.41. The molecule has 10 nitrogen and oxygen atoms in total. The van der Waals surface area contributed by atoms with Crippen LogP contribution in [0.2, 0.25) is 0 Å². The predicted molar refractivity (Wildman–Crippen MR) is 143 cm³/mol. The van der Waals surface area contributed by atoms with Gasteiger partial charge in [-0.05, 0) is 37.0 Å². The van der Waals surface area contributed by atoms with Crippen LogP contribution in [0.25, 0.3) is 0 Å². The summed E-state index contributed by atoms with van der Waals surface area (Å²) in [5, 5.41) is 17.5. The van der Waals surface area contributed by atoms with E-state index in [2.05, 4.69) is 10.6 Å². The maximum Gasteiger partial charge on any atom is 0.330 e. The molecule has 0 spiro atoms. The molecule has 5 atom stereocenters. The molecule has 2 fully saturated rings. The SMILES string of the molecule is Cc1ccccc1CNC(=O)[C@@H]1CC(F)(F)CN1C(=O)[C@@H](O)[C@H](Cc1ccccc1)NC(=O)C1C(C)C(=O)ON1C. The van der Waals surface area contributed by atoms with Gasteiger partial charge in [-0.25, -0.2) is 13.6 Å². The lowest BCUT2D eigenvalue weighted by Gasteiger charge is -2.31. The molecule has 2 saturated heterocycles. The maximum atomic E-state index is 14.6. The van der Waals surface area contributed by atoms with E-state index < -0.39 is 72.7 Å². The molecule has 12 heteroatoms. The average molecular weight is 573 g/mol. The fourth-order valence-electron chi connectivity index (χ4n) is 5.23. The van der Waals surface area contributed by atoms with Crippen molar-refractivity contribution in [3.8, 4) is 0 Å². The molecule has 2 aromatic rings. The van der Waals surface area contributed by atoms with E-state index >= 15 is 0 Å². The summed E-state index contributed by atoms with van der Waals surface area (Å²) >= 11 is 0. The molecular formula is C29H34F2N4O6. The van der Waals surface area contributed by atoms with Gasteiger partial charge in [0.15, 0.2) is 6.10 Å². The molecule has 2 aliphatic rings. The Morgan fingerprint density at radius 2 is 1.76 bits per heavy atom. The molecule has 4 rings (SSSR count). The number of rotatable bonds is 9. The summed E-state index contributed by atoms with van der Waals surface area (Å²) in [6.45, 7) is 2.39. The molecule has 41 heavy (non-hydrogen) atoms. The molecule has 0 saturated carbocycles. The van der Waals surface area contributed by atoms with E-state index in [0.29, 0.717) is 10.5 Å². The number of benzene rings is 2. The summed E-state index contributed by atoms with van der Waals surface area (Å²) < 4.78 is 29.1. The minimum atomic E-state index is -3.35. The zero-order valence-corrected chi connectivity index (χ0v) is 23.1. The van der Waals surface area contributed by atoms with E-state index in [0.717, 1.165) is 16.2 Å². The first-order chi connectivity index (χ1) is 19.4. The number of likely N-dealkylation sites (tertiary alicyclic amines) is 1. The van der Waals surface area contributed by atoms with Gasteiger partial charge in [-0.15, -0.1) is 5.06 Å². The Bertz CT molecular complexity index is 1290. The number of halogens is 2. The fraction of sp³-hybridized carbons (Fsp3) is 0.448. The Kier molecular flexibility index (Phi) is 9.03. The smallest absolute Gasteiger partial charge is 0.330 e. The molecular weight excluding hydrogens is 538 g/mol. The number of aliphatic hydroxyl groups is 1. The summed E-state index contributed by atoms with van der Waals surface area (Å²) in [4.78, 5) is 57.3. The van der Waals surface area contributed by atoms with Crippen LogP contribution >= 0.6 is 0 Å². The zero-order valence-electron chi connectivity index (χ0n) is 23.1. The normalized spacial score (nSPS) is 23.5. The minimum Gasteiger partial charge on any atom is -0.381 e. The minimum absolute atomic E-state index is 0.0204. The lowest BCUT2D eigenvalue weighted by molar-refractivity contribution is -0.171. The number of carbonyl (C=O) groups is 4. The van der Waals surface area contributed by atoms with Gasteiger partial charge in [0.05, 0.1) is 18.5 Å². The molecule has 2 aliphatic heterocycles. The molecule has 3 amide bonds. The lowest BCUT2D eigenvalue weighted by Crippen LogP contribution is -2.58. The first-order valence-electron chi connectivity index (χ1n) is 13.4. The monoisotopic (exact) mass is 572 g/mol. The van der Waals surface area contributed by atoms with Crippen molar-refractivity contribution in [1.29, 1.82) is 0 Å². The molecule has 220 valence electrons. The quantitative estimate of drug-likeness (QED) is 0.414. The van der Waals surface area contributed by atoms with Crippen molar-refractivity contribution in [3.05, 3.63) is 71.3 Å². The molecule has 0 aromatic heterocycles. The summed E-state index contributed by atoms with van der Waals surface area (Å²) in [6, 6.07) is 12.2. The van der Waals surface area contributed by atoms with Crippen LogP contribution in [0.4, 0.5) is 8.78 Å². The molecule has 0 aliphatic carbocycles. The van der Waals surface area contributed by atoms with Crippen LogP contribution in [0.5, 0.6) is 0 Å². The van der Waals surface area contributed by atoms with Crippen molar-refractivity contribution in [2.45, 2.75) is 63.4 Å². The number of aryl methyl sites for hydroxylation is 1. The van der Waals surface area contributed by atoms with Crippen molar-refractivity contribution in [2.24, 2.45) is 5.92 Å². The van der Waals surface area contributed by atoms with E-state index in [1.807, 2.05) is 19.1 Å². The van der Waals surface area contributed by atoms with Gasteiger partial charge in [0.1, 0.15) is 12.1 Å². The fourth-order valence-corrected chi connectivity index (χ4v) is 5.23. The van der Waals surface area contributed by atoms with E-state index in [9.17, 15) is 33.1 Å². The third-order valence-electron chi connectivity index (χ3n) is 7.57. The van der Waals surface area contributed by atoms with Crippen LogP contribution in [-0.4, -0.2) is 82.5 Å². The van der Waals surface area contributed by atoms with Crippen molar-refractivity contribution in [2.75, 3.05) is 13.6 Å². The molecule has 0 radical (unpaired) electrons. The van der Waals surface area contributed by atoms with Crippen molar-refractivity contribution in [1.82, 2.24) is 20.6 Å². The number of hydroxylamine groups is 2. The number of hydrogen-bond acceptors (Lipinski definition) is 7. The van der Waals surface area contributed by atoms with Gasteiger partial charge in [0.25, 0.3) is 11.8 Å². The topological polar surface area (TPSA) is 128 Å². The Labute approximate surface area is 236 Å². The summed E-state index contributed by atoms with van der Waals surface area (Å²) in [5.41, 5.74) is 2.36. The van der Waals surface area contributed by atoms with Gasteiger partial charge in [0, 0.05) is 20.0 Å². The number of alkyl halides is 2. The van der Waals surface area contributed by atoms with Crippen molar-refractivity contribution >= 4 is 23.7 Å². The second-order valence-electron chi connectivity index (χ2n) is 10.6. The van der Waals surface area contributed by atoms with Gasteiger partial charge >= 0.3 is 5.97 Å². The Hall–Kier alpha value is -3.90. The predicted octanol–water partition coefficient (Wildman–Crippen LogP) is 1.34. The number of carbonyl (C=O) groups excluding carboxylic acids is 4. The third-order valence-corrected chi connectivity index (χ3v) is 7.57. The lowest BCUT2D eigenvalue weighted by atomic mass is 9.97. The Morgan fingerprint density at radius 1 is 1.10 bits per heavy atom. The van der Waals surface area contributed by atoms with E-state index in [1.54, 1.807) is 42.5 Å². The Morgan fingerprint density at radius 3 is 2.39 bits per heavy atom. The van der Waals surface area contributed by atoms with Crippen LogP contribution in [0.15, 0.2) is 54.6 Å². The molecule has 3 N–H and O–H groups in total. The number of nitrogens with zero attached hydrogens (tertiary/aromatic N) is 2. The van der Waals surface area contributed by atoms with Crippen LogP contribution in [0.3, 0.4) is 0 Å². The molecule has 2 heterocycles. The molecule has 2 aromatic carbocycles. The third kappa shape index (κ3) is 6.88. The number of hydrogen-bond donors (Lipinski definition) is 3.